The van der Waals surface area contributed by atoms with Gasteiger partial charge in [-0.3, -0.25) is 9.78 Å². The van der Waals surface area contributed by atoms with E-state index in [0.717, 1.165) is 16.8 Å². The number of pyridine rings is 1. The van der Waals surface area contributed by atoms with Crippen LogP contribution in [-0.2, 0) is 6.42 Å². The van der Waals surface area contributed by atoms with Crippen molar-refractivity contribution >= 4 is 5.78 Å². The first-order valence-electron chi connectivity index (χ1n) is 7.39. The Kier molecular flexibility index (Phi) is 4.40. The number of nitrogens with zero attached hydrogens (tertiary/aromatic N) is 1. The Bertz CT molecular complexity index is 723. The molecule has 0 aliphatic rings. The Hall–Kier alpha value is -2.74. The normalized spacial score (nSPS) is 11.8. The lowest BCUT2D eigenvalue weighted by Gasteiger charge is -2.16. The lowest BCUT2D eigenvalue weighted by atomic mass is 9.87. The molecule has 0 amide bonds. The van der Waals surface area contributed by atoms with E-state index in [1.807, 2.05) is 78.9 Å². The molecule has 108 valence electrons. The molecule has 0 radical (unpaired) electrons. The van der Waals surface area contributed by atoms with Crippen LogP contribution in [0.5, 0.6) is 0 Å². The first-order valence-corrected chi connectivity index (χ1v) is 7.39. The topological polar surface area (TPSA) is 30.0 Å². The van der Waals surface area contributed by atoms with Gasteiger partial charge in [-0.15, -0.1) is 0 Å². The number of hydrogen-bond donors (Lipinski definition) is 0. The smallest absolute Gasteiger partial charge is 0.170 e. The van der Waals surface area contributed by atoms with Gasteiger partial charge in [0.25, 0.3) is 0 Å². The highest BCUT2D eigenvalue weighted by Crippen LogP contribution is 2.24. The molecule has 22 heavy (non-hydrogen) atoms. The molecule has 1 aromatic heterocycles. The molecule has 0 saturated carbocycles. The standard InChI is InChI=1S/C20H17NO/c22-20(17-11-5-2-6-12-17)19(16-9-3-1-4-10-16)15-18-13-7-8-14-21-18/h1-14,19H,15H2. The van der Waals surface area contributed by atoms with Crippen molar-refractivity contribution in [3.63, 3.8) is 0 Å². The number of aromatic nitrogens is 1. The summed E-state index contributed by atoms with van der Waals surface area (Å²) in [4.78, 5) is 17.3. The van der Waals surface area contributed by atoms with Gasteiger partial charge >= 0.3 is 0 Å². The predicted molar refractivity (Wildman–Crippen MR) is 87.9 cm³/mol. The van der Waals surface area contributed by atoms with Gasteiger partial charge in [-0.05, 0) is 17.7 Å². The van der Waals surface area contributed by atoms with E-state index in [1.54, 1.807) is 6.20 Å². The number of hydrogen-bond acceptors (Lipinski definition) is 2. The van der Waals surface area contributed by atoms with Gasteiger partial charge in [-0.25, -0.2) is 0 Å². The van der Waals surface area contributed by atoms with Gasteiger partial charge in [0.1, 0.15) is 0 Å². The summed E-state index contributed by atoms with van der Waals surface area (Å²) in [5.41, 5.74) is 2.70. The summed E-state index contributed by atoms with van der Waals surface area (Å²) in [7, 11) is 0. The molecular weight excluding hydrogens is 270 g/mol. The summed E-state index contributed by atoms with van der Waals surface area (Å²) < 4.78 is 0. The third kappa shape index (κ3) is 3.29. The minimum Gasteiger partial charge on any atom is -0.293 e. The Morgan fingerprint density at radius 2 is 1.45 bits per heavy atom. The van der Waals surface area contributed by atoms with E-state index in [9.17, 15) is 4.79 Å². The van der Waals surface area contributed by atoms with Gasteiger partial charge in [0.05, 0.1) is 5.92 Å². The van der Waals surface area contributed by atoms with E-state index in [1.165, 1.54) is 0 Å². The maximum atomic E-state index is 12.9. The highest BCUT2D eigenvalue weighted by atomic mass is 16.1. The first-order chi connectivity index (χ1) is 10.8. The molecule has 0 saturated heterocycles. The van der Waals surface area contributed by atoms with Crippen LogP contribution in [0.15, 0.2) is 85.1 Å². The Morgan fingerprint density at radius 3 is 2.09 bits per heavy atom. The first kappa shape index (κ1) is 14.2. The van der Waals surface area contributed by atoms with Crippen LogP contribution >= 0.6 is 0 Å². The van der Waals surface area contributed by atoms with Gasteiger partial charge in [0, 0.05) is 23.9 Å². The van der Waals surface area contributed by atoms with E-state index in [-0.39, 0.29) is 11.7 Å². The number of carbonyl (C=O) groups excluding carboxylic acids is 1. The van der Waals surface area contributed by atoms with E-state index in [2.05, 4.69) is 4.98 Å². The van der Waals surface area contributed by atoms with Crippen molar-refractivity contribution in [2.45, 2.75) is 12.3 Å². The summed E-state index contributed by atoms with van der Waals surface area (Å²) >= 11 is 0. The molecule has 1 heterocycles. The number of rotatable bonds is 5. The van der Waals surface area contributed by atoms with Crippen LogP contribution in [-0.4, -0.2) is 10.8 Å². The Balaban J connectivity index is 1.95. The largest absolute Gasteiger partial charge is 0.293 e. The molecule has 0 N–H and O–H groups in total. The van der Waals surface area contributed by atoms with Crippen molar-refractivity contribution in [3.8, 4) is 0 Å². The number of ketones is 1. The van der Waals surface area contributed by atoms with Crippen molar-refractivity contribution in [3.05, 3.63) is 102 Å². The Morgan fingerprint density at radius 1 is 0.818 bits per heavy atom. The van der Waals surface area contributed by atoms with Crippen molar-refractivity contribution in [1.29, 1.82) is 0 Å². The van der Waals surface area contributed by atoms with E-state index in [4.69, 9.17) is 0 Å². The van der Waals surface area contributed by atoms with E-state index >= 15 is 0 Å². The van der Waals surface area contributed by atoms with Gasteiger partial charge in [0.15, 0.2) is 5.78 Å². The lowest BCUT2D eigenvalue weighted by Crippen LogP contribution is -2.16. The molecule has 1 unspecified atom stereocenters. The van der Waals surface area contributed by atoms with Crippen LogP contribution in [0, 0.1) is 0 Å². The molecule has 2 nitrogen and oxygen atoms in total. The summed E-state index contributed by atoms with van der Waals surface area (Å²) in [6.07, 6.45) is 2.38. The number of benzene rings is 2. The van der Waals surface area contributed by atoms with E-state index in [0.29, 0.717) is 6.42 Å². The van der Waals surface area contributed by atoms with Gasteiger partial charge in [-0.2, -0.15) is 0 Å². The highest BCUT2D eigenvalue weighted by Gasteiger charge is 2.22. The molecule has 0 aliphatic heterocycles. The SMILES string of the molecule is O=C(c1ccccc1)C(Cc1ccccn1)c1ccccc1. The average molecular weight is 287 g/mol. The van der Waals surface area contributed by atoms with Crippen molar-refractivity contribution in [2.75, 3.05) is 0 Å². The molecule has 2 aromatic carbocycles. The van der Waals surface area contributed by atoms with Crippen LogP contribution in [0.1, 0.15) is 27.5 Å². The third-order valence-corrected chi connectivity index (χ3v) is 3.72. The predicted octanol–water partition coefficient (Wildman–Crippen LogP) is 4.29. The lowest BCUT2D eigenvalue weighted by molar-refractivity contribution is 0.0958. The maximum absolute atomic E-state index is 12.9. The fraction of sp³-hybridized carbons (Fsp3) is 0.100. The molecule has 0 fully saturated rings. The van der Waals surface area contributed by atoms with Crippen LogP contribution in [0.2, 0.25) is 0 Å². The van der Waals surface area contributed by atoms with Crippen LogP contribution in [0.3, 0.4) is 0 Å². The zero-order valence-electron chi connectivity index (χ0n) is 12.2. The van der Waals surface area contributed by atoms with Crippen LogP contribution in [0.4, 0.5) is 0 Å². The minimum atomic E-state index is -0.210. The second kappa shape index (κ2) is 6.81. The second-order valence-corrected chi connectivity index (χ2v) is 5.22. The summed E-state index contributed by atoms with van der Waals surface area (Å²) in [6, 6.07) is 25.2. The highest BCUT2D eigenvalue weighted by molar-refractivity contribution is 6.01. The van der Waals surface area contributed by atoms with Crippen LogP contribution < -0.4 is 0 Å². The van der Waals surface area contributed by atoms with Gasteiger partial charge < -0.3 is 0 Å². The number of carbonyl (C=O) groups is 1. The maximum Gasteiger partial charge on any atom is 0.170 e. The number of Topliss-reactive ketones (excluding diaryl/α,β-unsaturated/α-hetero) is 1. The zero-order valence-corrected chi connectivity index (χ0v) is 12.2. The molecular formula is C20H17NO. The minimum absolute atomic E-state index is 0.137. The Labute approximate surface area is 130 Å². The summed E-state index contributed by atoms with van der Waals surface area (Å²) in [5.74, 6) is -0.0732. The average Bonchev–Trinajstić information content (AvgIpc) is 2.61. The molecule has 0 aliphatic carbocycles. The third-order valence-electron chi connectivity index (χ3n) is 3.72. The zero-order chi connectivity index (χ0) is 15.2. The molecule has 3 rings (SSSR count). The monoisotopic (exact) mass is 287 g/mol. The molecule has 2 heteroatoms. The molecule has 3 aromatic rings. The van der Waals surface area contributed by atoms with Gasteiger partial charge in [-0.1, -0.05) is 66.7 Å². The van der Waals surface area contributed by atoms with Crippen molar-refractivity contribution in [1.82, 2.24) is 4.98 Å². The van der Waals surface area contributed by atoms with Crippen molar-refractivity contribution < 1.29 is 4.79 Å². The molecule has 0 bridgehead atoms. The van der Waals surface area contributed by atoms with Crippen molar-refractivity contribution in [2.24, 2.45) is 0 Å². The molecule has 1 atom stereocenters. The fourth-order valence-electron chi connectivity index (χ4n) is 2.58. The fourth-order valence-corrected chi connectivity index (χ4v) is 2.58. The molecule has 0 spiro atoms. The van der Waals surface area contributed by atoms with Crippen LogP contribution in [0.25, 0.3) is 0 Å². The van der Waals surface area contributed by atoms with E-state index < -0.39 is 0 Å². The summed E-state index contributed by atoms with van der Waals surface area (Å²) in [5, 5.41) is 0. The quantitative estimate of drug-likeness (QED) is 0.655. The van der Waals surface area contributed by atoms with Gasteiger partial charge in [0.2, 0.25) is 0 Å². The second-order valence-electron chi connectivity index (χ2n) is 5.22. The summed E-state index contributed by atoms with van der Waals surface area (Å²) in [6.45, 7) is 0.